The van der Waals surface area contributed by atoms with E-state index in [0.717, 1.165) is 5.56 Å². The van der Waals surface area contributed by atoms with Crippen molar-refractivity contribution in [2.24, 2.45) is 0 Å². The molecule has 0 fully saturated rings. The minimum absolute atomic E-state index is 0.0404. The van der Waals surface area contributed by atoms with Crippen molar-refractivity contribution in [3.63, 3.8) is 0 Å². The Morgan fingerprint density at radius 1 is 1.32 bits per heavy atom. The molecule has 1 rings (SSSR count). The first kappa shape index (κ1) is 15.7. The van der Waals surface area contributed by atoms with E-state index in [1.165, 1.54) is 5.56 Å². The molecule has 0 saturated carbocycles. The smallest absolute Gasteiger partial charge is 0.316 e. The molecule has 0 aliphatic rings. The Morgan fingerprint density at radius 2 is 1.89 bits per heavy atom. The molecule has 1 unspecified atom stereocenters. The average Bonchev–Trinajstić information content (AvgIpc) is 2.39. The van der Waals surface area contributed by atoms with Crippen molar-refractivity contribution in [2.75, 3.05) is 13.2 Å². The number of hydrogen-bond acceptors (Lipinski definition) is 3. The van der Waals surface area contributed by atoms with E-state index in [0.29, 0.717) is 18.9 Å². The van der Waals surface area contributed by atoms with E-state index in [-0.39, 0.29) is 12.6 Å². The van der Waals surface area contributed by atoms with Crippen molar-refractivity contribution >= 4 is 5.97 Å². The van der Waals surface area contributed by atoms with Gasteiger partial charge in [-0.25, -0.2) is 0 Å². The summed E-state index contributed by atoms with van der Waals surface area (Å²) in [7, 11) is 0. The number of hydrogen-bond donors (Lipinski definition) is 1. The van der Waals surface area contributed by atoms with Crippen LogP contribution in [0.1, 0.15) is 51.2 Å². The van der Waals surface area contributed by atoms with Crippen LogP contribution in [-0.4, -0.2) is 24.3 Å². The first-order chi connectivity index (χ1) is 8.95. The summed E-state index contributed by atoms with van der Waals surface area (Å²) in [6, 6.07) is 7.99. The van der Waals surface area contributed by atoms with Crippen molar-refractivity contribution in [3.8, 4) is 0 Å². The first-order valence-corrected chi connectivity index (χ1v) is 6.84. The molecule has 0 amide bonds. The quantitative estimate of drug-likeness (QED) is 0.803. The molecular weight excluding hydrogens is 240 g/mol. The number of aliphatic hydroxyl groups excluding tert-OH is 1. The predicted octanol–water partition coefficient (Wildman–Crippen LogP) is 3.01. The molecule has 0 bridgehead atoms. The van der Waals surface area contributed by atoms with E-state index in [9.17, 15) is 9.90 Å². The van der Waals surface area contributed by atoms with Gasteiger partial charge in [-0.05, 0) is 37.3 Å². The SMILES string of the molecule is CCOC(=O)C(C)(CCO)c1ccc(C(C)C)cc1. The summed E-state index contributed by atoms with van der Waals surface area (Å²) in [5.74, 6) is 0.182. The molecule has 0 aromatic heterocycles. The van der Waals surface area contributed by atoms with Gasteiger partial charge in [-0.3, -0.25) is 4.79 Å². The number of ether oxygens (including phenoxy) is 1. The van der Waals surface area contributed by atoms with Gasteiger partial charge in [0.25, 0.3) is 0 Å². The fraction of sp³-hybridized carbons (Fsp3) is 0.562. The van der Waals surface area contributed by atoms with E-state index in [1.54, 1.807) is 6.92 Å². The molecule has 1 aromatic carbocycles. The number of benzene rings is 1. The molecule has 1 N–H and O–H groups in total. The molecule has 1 atom stereocenters. The number of carbonyl (C=O) groups is 1. The molecule has 0 radical (unpaired) electrons. The number of rotatable bonds is 6. The van der Waals surface area contributed by atoms with Crippen LogP contribution in [0.4, 0.5) is 0 Å². The molecule has 3 nitrogen and oxygen atoms in total. The summed E-state index contributed by atoms with van der Waals surface area (Å²) < 4.78 is 5.14. The van der Waals surface area contributed by atoms with Gasteiger partial charge < -0.3 is 9.84 Å². The zero-order valence-corrected chi connectivity index (χ0v) is 12.3. The largest absolute Gasteiger partial charge is 0.465 e. The van der Waals surface area contributed by atoms with Crippen LogP contribution in [-0.2, 0) is 14.9 Å². The van der Waals surface area contributed by atoms with E-state index >= 15 is 0 Å². The minimum atomic E-state index is -0.778. The molecular formula is C16H24O3. The molecule has 0 spiro atoms. The fourth-order valence-corrected chi connectivity index (χ4v) is 2.11. The maximum absolute atomic E-state index is 12.1. The van der Waals surface area contributed by atoms with Crippen LogP contribution in [0.3, 0.4) is 0 Å². The molecule has 19 heavy (non-hydrogen) atoms. The maximum Gasteiger partial charge on any atom is 0.316 e. The Balaban J connectivity index is 3.07. The Labute approximate surface area is 115 Å². The van der Waals surface area contributed by atoms with Crippen molar-refractivity contribution in [3.05, 3.63) is 35.4 Å². The van der Waals surface area contributed by atoms with Crippen LogP contribution < -0.4 is 0 Å². The topological polar surface area (TPSA) is 46.5 Å². The molecule has 1 aromatic rings. The predicted molar refractivity (Wildman–Crippen MR) is 76.2 cm³/mol. The molecule has 0 aliphatic carbocycles. The molecule has 0 heterocycles. The lowest BCUT2D eigenvalue weighted by Crippen LogP contribution is -2.35. The Kier molecular flexibility index (Phi) is 5.55. The third-order valence-electron chi connectivity index (χ3n) is 3.55. The van der Waals surface area contributed by atoms with Crippen LogP contribution >= 0.6 is 0 Å². The lowest BCUT2D eigenvalue weighted by atomic mass is 9.79. The van der Waals surface area contributed by atoms with E-state index in [4.69, 9.17) is 4.74 Å². The highest BCUT2D eigenvalue weighted by molar-refractivity contribution is 5.82. The fourth-order valence-electron chi connectivity index (χ4n) is 2.11. The highest BCUT2D eigenvalue weighted by Crippen LogP contribution is 2.30. The Bertz CT molecular complexity index is 409. The highest BCUT2D eigenvalue weighted by atomic mass is 16.5. The van der Waals surface area contributed by atoms with Gasteiger partial charge in [0.05, 0.1) is 12.0 Å². The number of carbonyl (C=O) groups excluding carboxylic acids is 1. The monoisotopic (exact) mass is 264 g/mol. The molecule has 106 valence electrons. The zero-order valence-electron chi connectivity index (χ0n) is 12.3. The summed E-state index contributed by atoms with van der Waals surface area (Å²) in [6.45, 7) is 8.19. The third-order valence-corrected chi connectivity index (χ3v) is 3.55. The van der Waals surface area contributed by atoms with Crippen LogP contribution in [0.5, 0.6) is 0 Å². The lowest BCUT2D eigenvalue weighted by molar-refractivity contribution is -0.150. The van der Waals surface area contributed by atoms with Crippen LogP contribution in [0.15, 0.2) is 24.3 Å². The van der Waals surface area contributed by atoms with Gasteiger partial charge in [-0.2, -0.15) is 0 Å². The van der Waals surface area contributed by atoms with Crippen LogP contribution in [0.2, 0.25) is 0 Å². The highest BCUT2D eigenvalue weighted by Gasteiger charge is 2.36. The van der Waals surface area contributed by atoms with Gasteiger partial charge >= 0.3 is 5.97 Å². The van der Waals surface area contributed by atoms with Gasteiger partial charge in [0.15, 0.2) is 0 Å². The summed E-state index contributed by atoms with van der Waals surface area (Å²) in [5, 5.41) is 9.22. The number of aliphatic hydroxyl groups is 1. The van der Waals surface area contributed by atoms with E-state index < -0.39 is 5.41 Å². The summed E-state index contributed by atoms with van der Waals surface area (Å²) in [6.07, 6.45) is 0.368. The van der Waals surface area contributed by atoms with Crippen LogP contribution in [0.25, 0.3) is 0 Å². The standard InChI is InChI=1S/C16H24O3/c1-5-19-15(18)16(4,10-11-17)14-8-6-13(7-9-14)12(2)3/h6-9,12,17H,5,10-11H2,1-4H3. The minimum Gasteiger partial charge on any atom is -0.465 e. The molecule has 0 aliphatic heterocycles. The maximum atomic E-state index is 12.1. The average molecular weight is 264 g/mol. The Morgan fingerprint density at radius 3 is 2.32 bits per heavy atom. The summed E-state index contributed by atoms with van der Waals surface area (Å²) in [5.41, 5.74) is 1.35. The Hall–Kier alpha value is -1.35. The third kappa shape index (κ3) is 3.57. The van der Waals surface area contributed by atoms with Gasteiger partial charge in [0.2, 0.25) is 0 Å². The van der Waals surface area contributed by atoms with Gasteiger partial charge in [-0.1, -0.05) is 38.1 Å². The second kappa shape index (κ2) is 6.71. The number of esters is 1. The van der Waals surface area contributed by atoms with Gasteiger partial charge in [0, 0.05) is 6.61 Å². The summed E-state index contributed by atoms with van der Waals surface area (Å²) >= 11 is 0. The molecule has 3 heteroatoms. The van der Waals surface area contributed by atoms with E-state index in [2.05, 4.69) is 13.8 Å². The van der Waals surface area contributed by atoms with Gasteiger partial charge in [-0.15, -0.1) is 0 Å². The first-order valence-electron chi connectivity index (χ1n) is 6.84. The van der Waals surface area contributed by atoms with Gasteiger partial charge in [0.1, 0.15) is 0 Å². The zero-order chi connectivity index (χ0) is 14.5. The second-order valence-corrected chi connectivity index (χ2v) is 5.30. The summed E-state index contributed by atoms with van der Waals surface area (Å²) in [4.78, 5) is 12.1. The van der Waals surface area contributed by atoms with Crippen molar-refractivity contribution in [1.29, 1.82) is 0 Å². The normalized spacial score (nSPS) is 14.2. The van der Waals surface area contributed by atoms with Crippen molar-refractivity contribution in [2.45, 2.75) is 45.4 Å². The molecule has 0 saturated heterocycles. The van der Waals surface area contributed by atoms with E-state index in [1.807, 2.05) is 31.2 Å². The van der Waals surface area contributed by atoms with Crippen LogP contribution in [0, 0.1) is 0 Å². The second-order valence-electron chi connectivity index (χ2n) is 5.30. The lowest BCUT2D eigenvalue weighted by Gasteiger charge is -2.27. The van der Waals surface area contributed by atoms with Crippen molar-refractivity contribution in [1.82, 2.24) is 0 Å². The van der Waals surface area contributed by atoms with Crippen molar-refractivity contribution < 1.29 is 14.6 Å².